The maximum absolute atomic E-state index is 10.6. The van der Waals surface area contributed by atoms with Crippen LogP contribution in [0.2, 0.25) is 0 Å². The fourth-order valence-electron chi connectivity index (χ4n) is 4.05. The smallest absolute Gasteiger partial charge is 0.187 e. The van der Waals surface area contributed by atoms with Crippen molar-refractivity contribution in [3.63, 3.8) is 0 Å². The minimum atomic E-state index is -1.93. The summed E-state index contributed by atoms with van der Waals surface area (Å²) in [6.45, 7) is -2.31. The van der Waals surface area contributed by atoms with E-state index in [0.29, 0.717) is 0 Å². The molecule has 3 fully saturated rings. The molecule has 0 aromatic carbocycles. The second kappa shape index (κ2) is 11.6. The topological polar surface area (TPSA) is 269 Å². The molecule has 0 aromatic rings. The summed E-state index contributed by atoms with van der Waals surface area (Å²) in [4.78, 5) is 0. The molecule has 0 radical (unpaired) electrons. The van der Waals surface area contributed by atoms with Crippen molar-refractivity contribution in [1.82, 2.24) is 0 Å². The third-order valence-electron chi connectivity index (χ3n) is 6.09. The van der Waals surface area contributed by atoms with Crippen molar-refractivity contribution >= 4 is 0 Å². The second-order valence-corrected chi connectivity index (χ2v) is 8.33. The highest BCUT2D eigenvalue weighted by Crippen LogP contribution is 2.32. The lowest BCUT2D eigenvalue weighted by Crippen LogP contribution is -2.66. The SMILES string of the molecule is OCC1OC(OC2C(CO)OC(OC3C(O)C(O)OC(CO)C3O)C(O)C2O)C(O)C(O)C1O. The Morgan fingerprint density at radius 2 is 0.912 bits per heavy atom. The Hall–Kier alpha value is -0.640. The fraction of sp³-hybridized carbons (Fsp3) is 1.00. The first kappa shape index (κ1) is 27.9. The van der Waals surface area contributed by atoms with Crippen molar-refractivity contribution in [2.75, 3.05) is 19.8 Å². The van der Waals surface area contributed by atoms with Gasteiger partial charge in [-0.15, -0.1) is 0 Å². The van der Waals surface area contributed by atoms with Gasteiger partial charge in [-0.25, -0.2) is 0 Å². The van der Waals surface area contributed by atoms with E-state index in [4.69, 9.17) is 23.7 Å². The molecular formula is C18H32O16. The number of aliphatic hydroxyl groups is 11. The fourth-order valence-corrected chi connectivity index (χ4v) is 4.05. The average molecular weight is 504 g/mol. The highest BCUT2D eigenvalue weighted by molar-refractivity contribution is 4.96. The van der Waals surface area contributed by atoms with E-state index in [9.17, 15) is 56.2 Å². The number of rotatable bonds is 7. The Kier molecular flexibility index (Phi) is 9.54. The molecule has 0 amide bonds. The van der Waals surface area contributed by atoms with E-state index in [1.807, 2.05) is 0 Å². The maximum Gasteiger partial charge on any atom is 0.187 e. The van der Waals surface area contributed by atoms with Crippen LogP contribution in [-0.2, 0) is 23.7 Å². The highest BCUT2D eigenvalue weighted by atomic mass is 16.7. The molecule has 3 saturated heterocycles. The van der Waals surface area contributed by atoms with Crippen LogP contribution in [0.1, 0.15) is 0 Å². The van der Waals surface area contributed by atoms with Gasteiger partial charge in [-0.05, 0) is 0 Å². The van der Waals surface area contributed by atoms with E-state index in [1.54, 1.807) is 0 Å². The van der Waals surface area contributed by atoms with Crippen molar-refractivity contribution in [1.29, 1.82) is 0 Å². The third-order valence-corrected chi connectivity index (χ3v) is 6.09. The first-order chi connectivity index (χ1) is 16.0. The lowest BCUT2D eigenvalue weighted by atomic mass is 9.96. The Balaban J connectivity index is 1.72. The van der Waals surface area contributed by atoms with Crippen LogP contribution in [0.25, 0.3) is 0 Å². The second-order valence-electron chi connectivity index (χ2n) is 8.33. The molecule has 16 heteroatoms. The van der Waals surface area contributed by atoms with Gasteiger partial charge in [0, 0.05) is 0 Å². The number of hydrogen-bond acceptors (Lipinski definition) is 16. The van der Waals surface area contributed by atoms with E-state index in [1.165, 1.54) is 0 Å². The molecule has 0 aromatic heterocycles. The van der Waals surface area contributed by atoms with Crippen LogP contribution in [0.15, 0.2) is 0 Å². The van der Waals surface area contributed by atoms with Crippen molar-refractivity contribution < 1.29 is 79.9 Å². The molecule has 3 aliphatic heterocycles. The van der Waals surface area contributed by atoms with E-state index in [2.05, 4.69) is 0 Å². The lowest BCUT2D eigenvalue weighted by molar-refractivity contribution is -0.378. The number of hydrogen-bond donors (Lipinski definition) is 11. The highest BCUT2D eigenvalue weighted by Gasteiger charge is 2.53. The first-order valence-corrected chi connectivity index (χ1v) is 10.6. The van der Waals surface area contributed by atoms with Gasteiger partial charge in [-0.2, -0.15) is 0 Å². The molecule has 0 bridgehead atoms. The van der Waals surface area contributed by atoms with Crippen LogP contribution < -0.4 is 0 Å². The van der Waals surface area contributed by atoms with Crippen LogP contribution in [0.3, 0.4) is 0 Å². The molecular weight excluding hydrogens is 472 g/mol. The molecule has 3 rings (SSSR count). The van der Waals surface area contributed by atoms with Gasteiger partial charge in [-0.1, -0.05) is 0 Å². The average Bonchev–Trinajstić information content (AvgIpc) is 2.83. The van der Waals surface area contributed by atoms with E-state index in [0.717, 1.165) is 0 Å². The number of aliphatic hydroxyl groups excluding tert-OH is 11. The van der Waals surface area contributed by atoms with Gasteiger partial charge in [0.1, 0.15) is 73.2 Å². The Morgan fingerprint density at radius 3 is 1.47 bits per heavy atom. The molecule has 3 heterocycles. The van der Waals surface area contributed by atoms with Gasteiger partial charge in [0.05, 0.1) is 19.8 Å². The molecule has 11 N–H and O–H groups in total. The zero-order valence-corrected chi connectivity index (χ0v) is 17.7. The monoisotopic (exact) mass is 504 g/mol. The summed E-state index contributed by atoms with van der Waals surface area (Å²) in [5, 5.41) is 109. The van der Waals surface area contributed by atoms with Gasteiger partial charge in [0.15, 0.2) is 18.9 Å². The summed E-state index contributed by atoms with van der Waals surface area (Å²) in [6, 6.07) is 0. The van der Waals surface area contributed by atoms with Gasteiger partial charge >= 0.3 is 0 Å². The van der Waals surface area contributed by atoms with Crippen LogP contribution in [0.5, 0.6) is 0 Å². The molecule has 0 spiro atoms. The normalized spacial score (nSPS) is 52.5. The molecule has 200 valence electrons. The van der Waals surface area contributed by atoms with Crippen LogP contribution in [0, 0.1) is 0 Å². The predicted octanol–water partition coefficient (Wildman–Crippen LogP) is -7.57. The molecule has 15 unspecified atom stereocenters. The minimum absolute atomic E-state index is 0.740. The lowest BCUT2D eigenvalue weighted by Gasteiger charge is -2.47. The van der Waals surface area contributed by atoms with Crippen molar-refractivity contribution in [2.24, 2.45) is 0 Å². The summed E-state index contributed by atoms with van der Waals surface area (Å²) >= 11 is 0. The van der Waals surface area contributed by atoms with E-state index < -0.39 is 112 Å². The van der Waals surface area contributed by atoms with Crippen molar-refractivity contribution in [3.05, 3.63) is 0 Å². The summed E-state index contributed by atoms with van der Waals surface area (Å²) in [5.74, 6) is 0. The Morgan fingerprint density at radius 1 is 0.441 bits per heavy atom. The zero-order chi connectivity index (χ0) is 25.3. The largest absolute Gasteiger partial charge is 0.394 e. The minimum Gasteiger partial charge on any atom is -0.394 e. The third kappa shape index (κ3) is 5.37. The van der Waals surface area contributed by atoms with Crippen molar-refractivity contribution in [3.8, 4) is 0 Å². The molecule has 15 atom stereocenters. The Labute approximate surface area is 192 Å². The van der Waals surface area contributed by atoms with Gasteiger partial charge in [0.25, 0.3) is 0 Å². The quantitative estimate of drug-likeness (QED) is 0.154. The van der Waals surface area contributed by atoms with Gasteiger partial charge in [0.2, 0.25) is 0 Å². The molecule has 0 aliphatic carbocycles. The molecule has 3 aliphatic rings. The maximum atomic E-state index is 10.6. The summed E-state index contributed by atoms with van der Waals surface area (Å²) in [7, 11) is 0. The van der Waals surface area contributed by atoms with E-state index >= 15 is 0 Å². The predicted molar refractivity (Wildman–Crippen MR) is 101 cm³/mol. The molecule has 34 heavy (non-hydrogen) atoms. The Bertz CT molecular complexity index is 637. The number of ether oxygens (including phenoxy) is 5. The standard InChI is InChI=1S/C18H32O16/c19-1-4-7(22)9(24)11(26)17(31-4)33-14-6(3-21)32-18(12(27)10(14)25)34-15-8(23)5(2-20)30-16(29)13(15)28/h4-29H,1-3H2. The van der Waals surface area contributed by atoms with Crippen LogP contribution >= 0.6 is 0 Å². The van der Waals surface area contributed by atoms with E-state index in [-0.39, 0.29) is 0 Å². The summed E-state index contributed by atoms with van der Waals surface area (Å²) in [6.07, 6.45) is -25.3. The van der Waals surface area contributed by atoms with Gasteiger partial charge < -0.3 is 79.9 Å². The molecule has 16 nitrogen and oxygen atoms in total. The van der Waals surface area contributed by atoms with Crippen molar-refractivity contribution in [2.45, 2.75) is 92.1 Å². The first-order valence-electron chi connectivity index (χ1n) is 10.6. The van der Waals surface area contributed by atoms with Crippen LogP contribution in [0.4, 0.5) is 0 Å². The zero-order valence-electron chi connectivity index (χ0n) is 17.7. The van der Waals surface area contributed by atoms with Crippen LogP contribution in [-0.4, -0.2) is 168 Å². The van der Waals surface area contributed by atoms with Gasteiger partial charge in [-0.3, -0.25) is 0 Å². The molecule has 0 saturated carbocycles. The summed E-state index contributed by atoms with van der Waals surface area (Å²) < 4.78 is 26.2. The summed E-state index contributed by atoms with van der Waals surface area (Å²) in [5.41, 5.74) is 0.